The van der Waals surface area contributed by atoms with Crippen molar-refractivity contribution in [2.75, 3.05) is 7.11 Å². The van der Waals surface area contributed by atoms with Crippen LogP contribution in [0, 0.1) is 0 Å². The number of nitrogens with zero attached hydrogens (tertiary/aromatic N) is 2. The van der Waals surface area contributed by atoms with Crippen LogP contribution in [0.3, 0.4) is 0 Å². The van der Waals surface area contributed by atoms with Crippen LogP contribution >= 0.6 is 23.4 Å². The highest BCUT2D eigenvalue weighted by atomic mass is 35.5. The zero-order valence-electron chi connectivity index (χ0n) is 15.5. The molecule has 0 radical (unpaired) electrons. The third kappa shape index (κ3) is 4.13. The summed E-state index contributed by atoms with van der Waals surface area (Å²) in [6.07, 6.45) is 1.62. The van der Waals surface area contributed by atoms with E-state index < -0.39 is 5.25 Å². The summed E-state index contributed by atoms with van der Waals surface area (Å²) in [6.45, 7) is 5.80. The Balaban J connectivity index is 1.96. The monoisotopic (exact) mass is 414 g/mol. The molecule has 1 aromatic heterocycles. The zero-order valence-corrected chi connectivity index (χ0v) is 17.1. The summed E-state index contributed by atoms with van der Waals surface area (Å²) >= 11 is 7.27. The highest BCUT2D eigenvalue weighted by molar-refractivity contribution is 8.00. The lowest BCUT2D eigenvalue weighted by atomic mass is 10.1. The average Bonchev–Trinajstić information content (AvgIpc) is 2.71. The van der Waals surface area contributed by atoms with Crippen molar-refractivity contribution < 1.29 is 9.53 Å². The molecule has 0 N–H and O–H groups in total. The molecule has 0 unspecified atom stereocenters. The van der Waals surface area contributed by atoms with Gasteiger partial charge in [-0.25, -0.2) is 4.98 Å². The van der Waals surface area contributed by atoms with Crippen molar-refractivity contribution in [3.63, 3.8) is 0 Å². The Kier molecular flexibility index (Phi) is 6.21. The van der Waals surface area contributed by atoms with Crippen LogP contribution < -0.4 is 10.3 Å². The molecule has 0 fully saturated rings. The molecule has 0 aliphatic heterocycles. The van der Waals surface area contributed by atoms with Gasteiger partial charge in [-0.15, -0.1) is 6.58 Å². The van der Waals surface area contributed by atoms with Crippen molar-refractivity contribution >= 4 is 40.0 Å². The zero-order chi connectivity index (χ0) is 20.3. The van der Waals surface area contributed by atoms with E-state index in [0.717, 1.165) is 0 Å². The Hall–Kier alpha value is -2.57. The van der Waals surface area contributed by atoms with Gasteiger partial charge in [0.2, 0.25) is 0 Å². The normalized spacial score (nSPS) is 12.0. The summed E-state index contributed by atoms with van der Waals surface area (Å²) in [7, 11) is 1.58. The van der Waals surface area contributed by atoms with Crippen LogP contribution in [0.5, 0.6) is 5.75 Å². The number of rotatable bonds is 7. The third-order valence-corrected chi connectivity index (χ3v) is 5.54. The number of hydrogen-bond acceptors (Lipinski definition) is 5. The van der Waals surface area contributed by atoms with Gasteiger partial charge >= 0.3 is 0 Å². The fourth-order valence-electron chi connectivity index (χ4n) is 2.75. The summed E-state index contributed by atoms with van der Waals surface area (Å²) in [5.74, 6) is 0.634. The van der Waals surface area contributed by atoms with Gasteiger partial charge < -0.3 is 4.74 Å². The lowest BCUT2D eigenvalue weighted by Gasteiger charge is -2.15. The quantitative estimate of drug-likeness (QED) is 0.244. The van der Waals surface area contributed by atoms with E-state index >= 15 is 0 Å². The first kappa shape index (κ1) is 20.2. The predicted octanol–water partition coefficient (Wildman–Crippen LogP) is 4.61. The fourth-order valence-corrected chi connectivity index (χ4v) is 3.92. The Bertz CT molecular complexity index is 1090. The number of ether oxygens (including phenoxy) is 1. The van der Waals surface area contributed by atoms with Gasteiger partial charge in [-0.2, -0.15) is 0 Å². The van der Waals surface area contributed by atoms with E-state index in [2.05, 4.69) is 11.6 Å². The molecule has 5 nitrogen and oxygen atoms in total. The summed E-state index contributed by atoms with van der Waals surface area (Å²) in [5, 5.41) is 0.947. The van der Waals surface area contributed by atoms with Crippen LogP contribution in [0.1, 0.15) is 17.3 Å². The summed E-state index contributed by atoms with van der Waals surface area (Å²) in [6, 6.07) is 11.9. The van der Waals surface area contributed by atoms with E-state index in [1.165, 1.54) is 16.3 Å². The van der Waals surface area contributed by atoms with Crippen molar-refractivity contribution in [2.24, 2.45) is 0 Å². The molecule has 7 heteroatoms. The average molecular weight is 415 g/mol. The van der Waals surface area contributed by atoms with Crippen LogP contribution in [-0.2, 0) is 6.54 Å². The molecule has 28 heavy (non-hydrogen) atoms. The van der Waals surface area contributed by atoms with E-state index in [4.69, 9.17) is 16.3 Å². The summed E-state index contributed by atoms with van der Waals surface area (Å²) in [4.78, 5) is 30.3. The number of hydrogen-bond donors (Lipinski definition) is 0. The first-order chi connectivity index (χ1) is 13.4. The number of carbonyl (C=O) groups is 1. The van der Waals surface area contributed by atoms with Gasteiger partial charge in [0.15, 0.2) is 10.9 Å². The SMILES string of the molecule is C=CCn1c(S[C@H](C)C(=O)c2ccc(OC)cc2)nc2ccc(Cl)cc2c1=O. The maximum absolute atomic E-state index is 12.9. The molecule has 0 bridgehead atoms. The minimum absolute atomic E-state index is 0.0525. The topological polar surface area (TPSA) is 61.2 Å². The van der Waals surface area contributed by atoms with Crippen LogP contribution in [0.25, 0.3) is 10.9 Å². The van der Waals surface area contributed by atoms with Crippen molar-refractivity contribution in [1.82, 2.24) is 9.55 Å². The summed E-state index contributed by atoms with van der Waals surface area (Å²) in [5.41, 5.74) is 0.909. The number of thioether (sulfide) groups is 1. The van der Waals surface area contributed by atoms with E-state index in [1.54, 1.807) is 62.6 Å². The molecule has 2 aromatic carbocycles. The highest BCUT2D eigenvalue weighted by Crippen LogP contribution is 2.26. The van der Waals surface area contributed by atoms with Gasteiger partial charge in [0, 0.05) is 17.1 Å². The largest absolute Gasteiger partial charge is 0.497 e. The second-order valence-corrected chi connectivity index (χ2v) is 7.86. The third-order valence-electron chi connectivity index (χ3n) is 4.22. The molecule has 0 amide bonds. The smallest absolute Gasteiger partial charge is 0.262 e. The number of ketones is 1. The van der Waals surface area contributed by atoms with Crippen LogP contribution in [0.15, 0.2) is 65.1 Å². The number of halogens is 1. The minimum atomic E-state index is -0.430. The number of Topliss-reactive ketones (excluding diaryl/α,β-unsaturated/α-hetero) is 1. The molecule has 0 saturated heterocycles. The number of methoxy groups -OCH3 is 1. The van der Waals surface area contributed by atoms with Crippen LogP contribution in [0.4, 0.5) is 0 Å². The minimum Gasteiger partial charge on any atom is -0.497 e. The maximum atomic E-state index is 12.9. The van der Waals surface area contributed by atoms with Crippen molar-refractivity contribution in [1.29, 1.82) is 0 Å². The molecular weight excluding hydrogens is 396 g/mol. The second-order valence-electron chi connectivity index (χ2n) is 6.11. The lowest BCUT2D eigenvalue weighted by Crippen LogP contribution is -2.24. The van der Waals surface area contributed by atoms with Gasteiger partial charge in [-0.3, -0.25) is 14.2 Å². The standard InChI is InChI=1S/C21H19ClN2O3S/c1-4-11-24-20(26)17-12-15(22)7-10-18(17)23-21(24)28-13(2)19(25)14-5-8-16(27-3)9-6-14/h4-10,12-13H,1,11H2,2-3H3/t13-/m1/s1. The number of benzene rings is 2. The highest BCUT2D eigenvalue weighted by Gasteiger charge is 2.20. The molecule has 1 heterocycles. The second kappa shape index (κ2) is 8.63. The van der Waals surface area contributed by atoms with Gasteiger partial charge in [-0.05, 0) is 49.4 Å². The van der Waals surface area contributed by atoms with E-state index in [-0.39, 0.29) is 11.3 Å². The molecule has 3 rings (SSSR count). The number of aromatic nitrogens is 2. The first-order valence-electron chi connectivity index (χ1n) is 8.60. The molecule has 3 aromatic rings. The molecule has 0 aliphatic carbocycles. The van der Waals surface area contributed by atoms with Gasteiger partial charge in [0.05, 0.1) is 23.3 Å². The molecule has 144 valence electrons. The van der Waals surface area contributed by atoms with Gasteiger partial charge in [0.1, 0.15) is 5.75 Å². The molecule has 0 saturated carbocycles. The first-order valence-corrected chi connectivity index (χ1v) is 9.86. The molecule has 0 aliphatic rings. The molecular formula is C21H19ClN2O3S. The van der Waals surface area contributed by atoms with E-state index in [0.29, 0.717) is 38.9 Å². The molecule has 1 atom stereocenters. The van der Waals surface area contributed by atoms with Gasteiger partial charge in [-0.1, -0.05) is 29.4 Å². The predicted molar refractivity (Wildman–Crippen MR) is 114 cm³/mol. The Morgan fingerprint density at radius 3 is 2.68 bits per heavy atom. The van der Waals surface area contributed by atoms with E-state index in [9.17, 15) is 9.59 Å². The summed E-state index contributed by atoms with van der Waals surface area (Å²) < 4.78 is 6.63. The number of fused-ring (bicyclic) bond motifs is 1. The van der Waals surface area contributed by atoms with Crippen molar-refractivity contribution in [3.8, 4) is 5.75 Å². The lowest BCUT2D eigenvalue weighted by molar-refractivity contribution is 0.0994. The maximum Gasteiger partial charge on any atom is 0.262 e. The van der Waals surface area contributed by atoms with E-state index in [1.807, 2.05) is 0 Å². The Labute approximate surface area is 172 Å². The van der Waals surface area contributed by atoms with Crippen molar-refractivity contribution in [3.05, 3.63) is 76.1 Å². The number of allylic oxidation sites excluding steroid dienone is 1. The Morgan fingerprint density at radius 1 is 1.32 bits per heavy atom. The van der Waals surface area contributed by atoms with Crippen molar-refractivity contribution in [2.45, 2.75) is 23.9 Å². The van der Waals surface area contributed by atoms with Crippen LogP contribution in [0.2, 0.25) is 5.02 Å². The fraction of sp³-hybridized carbons (Fsp3) is 0.190. The van der Waals surface area contributed by atoms with Gasteiger partial charge in [0.25, 0.3) is 5.56 Å². The number of carbonyl (C=O) groups excluding carboxylic acids is 1. The molecule has 0 spiro atoms. The van der Waals surface area contributed by atoms with Crippen LogP contribution in [-0.4, -0.2) is 27.7 Å². The Morgan fingerprint density at radius 2 is 2.04 bits per heavy atom.